The molecule has 0 bridgehead atoms. The van der Waals surface area contributed by atoms with Crippen molar-refractivity contribution in [2.45, 2.75) is 6.90 Å². The van der Waals surface area contributed by atoms with Crippen molar-refractivity contribution in [2.75, 3.05) is 12.4 Å². The number of rotatable bonds is 3. The number of nitrogens with zero attached hydrogens (tertiary/aromatic N) is 2. The highest BCUT2D eigenvalue weighted by Gasteiger charge is 2.13. The van der Waals surface area contributed by atoms with Crippen LogP contribution in [0.5, 0.6) is 0 Å². The highest BCUT2D eigenvalue weighted by Crippen LogP contribution is 2.26. The number of benzene rings is 1. The molecule has 3 rings (SSSR count). The van der Waals surface area contributed by atoms with Crippen LogP contribution in [-0.2, 0) is 9.53 Å². The summed E-state index contributed by atoms with van der Waals surface area (Å²) in [5.41, 5.74) is 2.35. The highest BCUT2D eigenvalue weighted by atomic mass is 16.5. The van der Waals surface area contributed by atoms with Crippen LogP contribution < -0.4 is 5.32 Å². The van der Waals surface area contributed by atoms with E-state index in [1.807, 2.05) is 0 Å². The van der Waals surface area contributed by atoms with Crippen molar-refractivity contribution in [3.8, 4) is 11.5 Å². The van der Waals surface area contributed by atoms with Crippen LogP contribution in [-0.4, -0.2) is 29.0 Å². The Bertz CT molecular complexity index is 923. The molecule has 2 aromatic heterocycles. The molecule has 2 heterocycles. The van der Waals surface area contributed by atoms with Gasteiger partial charge in [-0.25, -0.2) is 14.8 Å². The lowest BCUT2D eigenvalue weighted by Crippen LogP contribution is -2.05. The van der Waals surface area contributed by atoms with Crippen LogP contribution >= 0.6 is 0 Å². The van der Waals surface area contributed by atoms with Crippen molar-refractivity contribution in [2.24, 2.45) is 0 Å². The van der Waals surface area contributed by atoms with Crippen LogP contribution in [0, 0.1) is 0 Å². The van der Waals surface area contributed by atoms with Gasteiger partial charge in [0.15, 0.2) is 5.58 Å². The van der Waals surface area contributed by atoms with Crippen molar-refractivity contribution < 1.29 is 20.1 Å². The van der Waals surface area contributed by atoms with Crippen molar-refractivity contribution in [1.82, 2.24) is 9.97 Å². The van der Waals surface area contributed by atoms with Gasteiger partial charge in [0.05, 0.1) is 7.11 Å². The Morgan fingerprint density at radius 3 is 2.96 bits per heavy atom. The van der Waals surface area contributed by atoms with E-state index in [0.717, 1.165) is 0 Å². The fourth-order valence-electron chi connectivity index (χ4n) is 2.07. The molecule has 0 aliphatic heterocycles. The number of amides is 1. The van der Waals surface area contributed by atoms with E-state index >= 15 is 0 Å². The summed E-state index contributed by atoms with van der Waals surface area (Å²) in [7, 11) is 1.28. The molecule has 0 saturated carbocycles. The molecule has 0 aliphatic rings. The van der Waals surface area contributed by atoms with E-state index < -0.39 is 11.9 Å². The molecule has 0 atom stereocenters. The van der Waals surface area contributed by atoms with Gasteiger partial charge in [-0.15, -0.1) is 0 Å². The lowest BCUT2D eigenvalue weighted by atomic mass is 10.2. The molecule has 0 aliphatic carbocycles. The number of hydrogen-bond donors (Lipinski definition) is 1. The monoisotopic (exact) mass is 312 g/mol. The average Bonchev–Trinajstić information content (AvgIpc) is 3.04. The van der Waals surface area contributed by atoms with Gasteiger partial charge in [0.25, 0.3) is 0 Å². The Kier molecular flexibility index (Phi) is 3.44. The first-order valence-corrected chi connectivity index (χ1v) is 6.65. The molecule has 1 aromatic carbocycles. The maximum absolute atomic E-state index is 11.6. The molecule has 0 radical (unpaired) electrons. The number of carbonyl (C=O) groups is 2. The van der Waals surface area contributed by atoms with Gasteiger partial charge in [0, 0.05) is 25.7 Å². The Morgan fingerprint density at radius 2 is 2.17 bits per heavy atom. The van der Waals surface area contributed by atoms with Gasteiger partial charge < -0.3 is 14.5 Å². The molecule has 0 fully saturated rings. The Morgan fingerprint density at radius 1 is 1.30 bits per heavy atom. The fourth-order valence-corrected chi connectivity index (χ4v) is 2.07. The van der Waals surface area contributed by atoms with Crippen LogP contribution in [0.15, 0.2) is 40.9 Å². The summed E-state index contributed by atoms with van der Waals surface area (Å²) < 4.78 is 17.3. The number of hydrogen-bond acceptors (Lipinski definition) is 6. The fraction of sp³-hybridized carbons (Fsp3) is 0.125. The SMILES string of the molecule is [2H]CC(=O)Nc1ccc2oc(-c3ccnc(C(=O)OC)c3)nc2c1. The largest absolute Gasteiger partial charge is 0.464 e. The molecular formula is C16H13N3O4. The Balaban J connectivity index is 1.96. The summed E-state index contributed by atoms with van der Waals surface area (Å²) in [4.78, 5) is 31.1. The molecule has 7 heteroatoms. The zero-order valence-electron chi connectivity index (χ0n) is 13.2. The van der Waals surface area contributed by atoms with Crippen LogP contribution in [0.1, 0.15) is 18.8 Å². The predicted octanol–water partition coefficient (Wildman–Crippen LogP) is 2.63. The first-order valence-electron chi connectivity index (χ1n) is 7.36. The van der Waals surface area contributed by atoms with E-state index in [2.05, 4.69) is 20.0 Å². The van der Waals surface area contributed by atoms with E-state index in [1.165, 1.54) is 19.4 Å². The van der Waals surface area contributed by atoms with E-state index in [9.17, 15) is 9.59 Å². The molecule has 7 nitrogen and oxygen atoms in total. The number of ether oxygens (including phenoxy) is 1. The summed E-state index contributed by atoms with van der Waals surface area (Å²) >= 11 is 0. The third-order valence-electron chi connectivity index (χ3n) is 3.07. The molecular weight excluding hydrogens is 298 g/mol. The summed E-state index contributed by atoms with van der Waals surface area (Å²) in [6.07, 6.45) is 1.47. The van der Waals surface area contributed by atoms with E-state index in [4.69, 9.17) is 5.79 Å². The third-order valence-corrected chi connectivity index (χ3v) is 3.07. The molecule has 23 heavy (non-hydrogen) atoms. The van der Waals surface area contributed by atoms with Gasteiger partial charge in [0.1, 0.15) is 11.2 Å². The molecule has 0 saturated heterocycles. The lowest BCUT2D eigenvalue weighted by molar-refractivity contribution is -0.114. The van der Waals surface area contributed by atoms with Crippen molar-refractivity contribution in [3.63, 3.8) is 0 Å². The maximum Gasteiger partial charge on any atom is 0.356 e. The minimum absolute atomic E-state index is 0.153. The topological polar surface area (TPSA) is 94.3 Å². The normalized spacial score (nSPS) is 11.1. The second-order valence-electron chi connectivity index (χ2n) is 4.67. The van der Waals surface area contributed by atoms with E-state index in [0.29, 0.717) is 28.2 Å². The Labute approximate surface area is 132 Å². The summed E-state index contributed by atoms with van der Waals surface area (Å²) in [5, 5.41) is 2.59. The van der Waals surface area contributed by atoms with Crippen LogP contribution in [0.25, 0.3) is 22.6 Å². The molecule has 1 amide bonds. The van der Waals surface area contributed by atoms with Gasteiger partial charge in [0.2, 0.25) is 11.8 Å². The van der Waals surface area contributed by atoms with Crippen LogP contribution in [0.4, 0.5) is 5.69 Å². The first-order chi connectivity index (χ1) is 11.6. The van der Waals surface area contributed by atoms with E-state index in [1.54, 1.807) is 24.3 Å². The number of methoxy groups -OCH3 is 1. The third kappa shape index (κ3) is 3.03. The number of pyridine rings is 1. The molecule has 3 aromatic rings. The maximum atomic E-state index is 11.6. The van der Waals surface area contributed by atoms with Crippen molar-refractivity contribution in [1.29, 1.82) is 0 Å². The van der Waals surface area contributed by atoms with Gasteiger partial charge >= 0.3 is 5.97 Å². The molecule has 116 valence electrons. The van der Waals surface area contributed by atoms with Crippen LogP contribution in [0.3, 0.4) is 0 Å². The van der Waals surface area contributed by atoms with E-state index in [-0.39, 0.29) is 12.6 Å². The van der Waals surface area contributed by atoms with Gasteiger partial charge in [-0.1, -0.05) is 0 Å². The van der Waals surface area contributed by atoms with Crippen molar-refractivity contribution in [3.05, 3.63) is 42.2 Å². The number of esters is 1. The van der Waals surface area contributed by atoms with Gasteiger partial charge in [-0.3, -0.25) is 4.79 Å². The number of oxazole rings is 1. The smallest absolute Gasteiger partial charge is 0.356 e. The first kappa shape index (κ1) is 13.4. The quantitative estimate of drug-likeness (QED) is 0.747. The molecule has 0 spiro atoms. The minimum atomic E-state index is -0.548. The standard InChI is InChI=1S/C16H13N3O4/c1-9(20)18-11-3-4-14-12(8-11)19-15(23-14)10-5-6-17-13(7-10)16(21)22-2/h3-8H,1-2H3,(H,18,20)/i1D. The lowest BCUT2D eigenvalue weighted by Gasteiger charge is -1.99. The molecule has 1 N–H and O–H groups in total. The van der Waals surface area contributed by atoms with Crippen LogP contribution in [0.2, 0.25) is 0 Å². The average molecular weight is 312 g/mol. The zero-order chi connectivity index (χ0) is 17.1. The summed E-state index contributed by atoms with van der Waals surface area (Å²) in [6, 6.07) is 8.18. The highest BCUT2D eigenvalue weighted by molar-refractivity contribution is 5.91. The number of aromatic nitrogens is 2. The van der Waals surface area contributed by atoms with Gasteiger partial charge in [-0.2, -0.15) is 0 Å². The van der Waals surface area contributed by atoms with Crippen molar-refractivity contribution >= 4 is 28.7 Å². The Hall–Kier alpha value is -3.22. The second-order valence-corrected chi connectivity index (χ2v) is 4.67. The predicted molar refractivity (Wildman–Crippen MR) is 82.9 cm³/mol. The summed E-state index contributed by atoms with van der Waals surface area (Å²) in [6.45, 7) is -0.352. The molecule has 0 unspecified atom stereocenters. The number of carbonyl (C=O) groups excluding carboxylic acids is 2. The number of fused-ring (bicyclic) bond motifs is 1. The van der Waals surface area contributed by atoms with Gasteiger partial charge in [-0.05, 0) is 30.3 Å². The number of nitrogens with one attached hydrogen (secondary N) is 1. The number of anilines is 1. The zero-order valence-corrected chi connectivity index (χ0v) is 12.2. The summed E-state index contributed by atoms with van der Waals surface area (Å²) in [5.74, 6) is -0.634. The second kappa shape index (κ2) is 5.88. The minimum Gasteiger partial charge on any atom is -0.464 e.